The standard InChI is InChI=1S/C25H18O11/c1-35-17-7-10(3-5-19(30)31)12(8-15(17)28)20-16(29)9-18-21(22(20)32)23(33)24(34)25(36-18)11-2-4-13(26)14(27)6-11/h2-9,26-29,32,34H,1H3,(H,30,31)/b5-3+. The number of hydrogen-bond acceptors (Lipinski definition) is 10. The van der Waals surface area contributed by atoms with E-state index in [1.807, 2.05) is 0 Å². The molecule has 3 aromatic carbocycles. The van der Waals surface area contributed by atoms with Gasteiger partial charge in [0.2, 0.25) is 11.2 Å². The fourth-order valence-corrected chi connectivity index (χ4v) is 3.70. The molecule has 7 N–H and O–H groups in total. The van der Waals surface area contributed by atoms with Gasteiger partial charge in [0.1, 0.15) is 22.5 Å². The highest BCUT2D eigenvalue weighted by Gasteiger charge is 2.25. The summed E-state index contributed by atoms with van der Waals surface area (Å²) in [6.07, 6.45) is 1.91. The van der Waals surface area contributed by atoms with Gasteiger partial charge in [-0.25, -0.2) is 4.79 Å². The number of phenols is 5. The van der Waals surface area contributed by atoms with Crippen molar-refractivity contribution in [2.45, 2.75) is 0 Å². The number of aliphatic carboxylic acids is 1. The normalized spacial score (nSPS) is 11.2. The van der Waals surface area contributed by atoms with Gasteiger partial charge in [-0.1, -0.05) is 0 Å². The topological polar surface area (TPSA) is 198 Å². The number of ether oxygens (including phenoxy) is 1. The maximum atomic E-state index is 13.0. The smallest absolute Gasteiger partial charge is 0.328 e. The number of fused-ring (bicyclic) bond motifs is 1. The van der Waals surface area contributed by atoms with Crippen LogP contribution in [0.2, 0.25) is 0 Å². The Balaban J connectivity index is 2.03. The van der Waals surface area contributed by atoms with Gasteiger partial charge in [-0.15, -0.1) is 0 Å². The van der Waals surface area contributed by atoms with Crippen molar-refractivity contribution >= 4 is 23.0 Å². The summed E-state index contributed by atoms with van der Waals surface area (Å²) in [5.74, 6) is -5.47. The predicted octanol–water partition coefficient (Wildman–Crippen LogP) is 3.47. The van der Waals surface area contributed by atoms with E-state index < -0.39 is 57.0 Å². The Kier molecular flexibility index (Phi) is 5.82. The molecule has 0 fully saturated rings. The summed E-state index contributed by atoms with van der Waals surface area (Å²) in [5.41, 5.74) is -1.72. The molecule has 0 unspecified atom stereocenters. The van der Waals surface area contributed by atoms with Crippen molar-refractivity contribution in [3.8, 4) is 62.7 Å². The number of aromatic hydroxyl groups is 6. The summed E-state index contributed by atoms with van der Waals surface area (Å²) >= 11 is 0. The van der Waals surface area contributed by atoms with Crippen molar-refractivity contribution in [2.24, 2.45) is 0 Å². The van der Waals surface area contributed by atoms with Gasteiger partial charge < -0.3 is 44.9 Å². The van der Waals surface area contributed by atoms with Gasteiger partial charge in [-0.3, -0.25) is 4.79 Å². The lowest BCUT2D eigenvalue weighted by atomic mass is 9.94. The van der Waals surface area contributed by atoms with E-state index in [0.29, 0.717) is 0 Å². The summed E-state index contributed by atoms with van der Waals surface area (Å²) < 4.78 is 10.6. The number of carbonyl (C=O) groups is 1. The lowest BCUT2D eigenvalue weighted by Gasteiger charge is -2.15. The van der Waals surface area contributed by atoms with Crippen molar-refractivity contribution in [1.82, 2.24) is 0 Å². The van der Waals surface area contributed by atoms with E-state index in [-0.39, 0.29) is 33.6 Å². The second-order valence-electron chi connectivity index (χ2n) is 7.59. The number of benzene rings is 3. The molecule has 0 spiro atoms. The van der Waals surface area contributed by atoms with Gasteiger partial charge in [0.25, 0.3) is 0 Å². The summed E-state index contributed by atoms with van der Waals surface area (Å²) in [4.78, 5) is 24.1. The molecule has 184 valence electrons. The van der Waals surface area contributed by atoms with Crippen LogP contribution >= 0.6 is 0 Å². The summed E-state index contributed by atoms with van der Waals surface area (Å²) in [6.45, 7) is 0. The Morgan fingerprint density at radius 3 is 2.25 bits per heavy atom. The molecular weight excluding hydrogens is 476 g/mol. The second kappa shape index (κ2) is 8.80. The first-order valence-electron chi connectivity index (χ1n) is 10.1. The Morgan fingerprint density at radius 1 is 0.889 bits per heavy atom. The molecule has 0 atom stereocenters. The van der Waals surface area contributed by atoms with Crippen LogP contribution in [0, 0.1) is 0 Å². The quantitative estimate of drug-likeness (QED) is 0.158. The van der Waals surface area contributed by atoms with Gasteiger partial charge in [0.15, 0.2) is 28.8 Å². The van der Waals surface area contributed by atoms with E-state index in [0.717, 1.165) is 36.4 Å². The maximum absolute atomic E-state index is 13.0. The summed E-state index contributed by atoms with van der Waals surface area (Å²) in [6, 6.07) is 6.74. The molecule has 0 saturated carbocycles. The molecule has 0 bridgehead atoms. The molecule has 1 aromatic heterocycles. The zero-order valence-electron chi connectivity index (χ0n) is 18.4. The van der Waals surface area contributed by atoms with Crippen molar-refractivity contribution in [1.29, 1.82) is 0 Å². The first-order valence-corrected chi connectivity index (χ1v) is 10.1. The van der Waals surface area contributed by atoms with E-state index in [9.17, 15) is 40.2 Å². The average Bonchev–Trinajstić information content (AvgIpc) is 2.82. The number of phenolic OH excluding ortho intramolecular Hbond substituents is 5. The van der Waals surface area contributed by atoms with E-state index in [4.69, 9.17) is 14.3 Å². The van der Waals surface area contributed by atoms with Crippen LogP contribution in [0.25, 0.3) is 39.5 Å². The monoisotopic (exact) mass is 494 g/mol. The maximum Gasteiger partial charge on any atom is 0.328 e. The third kappa shape index (κ3) is 3.94. The minimum Gasteiger partial charge on any atom is -0.507 e. The van der Waals surface area contributed by atoms with Crippen LogP contribution in [0.1, 0.15) is 5.56 Å². The summed E-state index contributed by atoms with van der Waals surface area (Å²) in [7, 11) is 1.27. The van der Waals surface area contributed by atoms with Crippen LogP contribution in [0.15, 0.2) is 51.7 Å². The zero-order chi connectivity index (χ0) is 26.3. The van der Waals surface area contributed by atoms with Gasteiger partial charge in [0, 0.05) is 23.3 Å². The first kappa shape index (κ1) is 23.8. The first-order chi connectivity index (χ1) is 17.0. The minimum absolute atomic E-state index is 0.0195. The van der Waals surface area contributed by atoms with Crippen LogP contribution in [-0.4, -0.2) is 48.8 Å². The lowest BCUT2D eigenvalue weighted by Crippen LogP contribution is -2.04. The van der Waals surface area contributed by atoms with E-state index >= 15 is 0 Å². The molecule has 36 heavy (non-hydrogen) atoms. The Morgan fingerprint density at radius 2 is 1.61 bits per heavy atom. The number of rotatable bonds is 5. The Labute approximate surface area is 201 Å². The van der Waals surface area contributed by atoms with Gasteiger partial charge in [-0.2, -0.15) is 0 Å². The minimum atomic E-state index is -1.29. The molecule has 0 radical (unpaired) electrons. The predicted molar refractivity (Wildman–Crippen MR) is 127 cm³/mol. The largest absolute Gasteiger partial charge is 0.507 e. The Bertz CT molecular complexity index is 1630. The molecule has 11 nitrogen and oxygen atoms in total. The molecule has 0 aliphatic carbocycles. The van der Waals surface area contributed by atoms with Crippen molar-refractivity contribution in [3.05, 3.63) is 58.3 Å². The third-order valence-electron chi connectivity index (χ3n) is 5.38. The van der Waals surface area contributed by atoms with Crippen molar-refractivity contribution in [2.75, 3.05) is 7.11 Å². The highest BCUT2D eigenvalue weighted by Crippen LogP contribution is 2.47. The zero-order valence-corrected chi connectivity index (χ0v) is 18.4. The van der Waals surface area contributed by atoms with Crippen LogP contribution in [0.3, 0.4) is 0 Å². The van der Waals surface area contributed by atoms with E-state index in [1.54, 1.807) is 0 Å². The van der Waals surface area contributed by atoms with E-state index in [2.05, 4.69) is 0 Å². The molecule has 11 heteroatoms. The fraction of sp³-hybridized carbons (Fsp3) is 0.0400. The molecule has 1 heterocycles. The molecule has 4 rings (SSSR count). The fourth-order valence-electron chi connectivity index (χ4n) is 3.70. The van der Waals surface area contributed by atoms with Gasteiger partial charge >= 0.3 is 5.97 Å². The van der Waals surface area contributed by atoms with Crippen LogP contribution in [0.5, 0.6) is 40.2 Å². The molecule has 0 aliphatic heterocycles. The third-order valence-corrected chi connectivity index (χ3v) is 5.38. The number of carboxylic acid groups (broad SMARTS) is 1. The molecular formula is C25H18O11. The van der Waals surface area contributed by atoms with Gasteiger partial charge in [0.05, 0.1) is 12.7 Å². The molecule has 0 aliphatic rings. The number of hydrogen-bond donors (Lipinski definition) is 7. The van der Waals surface area contributed by atoms with E-state index in [1.165, 1.54) is 19.2 Å². The van der Waals surface area contributed by atoms with Crippen molar-refractivity contribution < 1.29 is 49.7 Å². The van der Waals surface area contributed by atoms with Crippen LogP contribution in [0.4, 0.5) is 0 Å². The Hall–Kier alpha value is -5.32. The van der Waals surface area contributed by atoms with Crippen LogP contribution in [-0.2, 0) is 4.79 Å². The number of carboxylic acids is 1. The van der Waals surface area contributed by atoms with Crippen molar-refractivity contribution in [3.63, 3.8) is 0 Å². The molecule has 4 aromatic rings. The SMILES string of the molecule is COc1cc(/C=C/C(=O)O)c(-c2c(O)cc3oc(-c4ccc(O)c(O)c4)c(O)c(=O)c3c2O)cc1O. The molecule has 0 saturated heterocycles. The highest BCUT2D eigenvalue weighted by atomic mass is 16.5. The van der Waals surface area contributed by atoms with Crippen LogP contribution < -0.4 is 10.2 Å². The average molecular weight is 494 g/mol. The highest BCUT2D eigenvalue weighted by molar-refractivity contribution is 5.99. The number of methoxy groups -OCH3 is 1. The van der Waals surface area contributed by atoms with Gasteiger partial charge in [-0.05, 0) is 42.0 Å². The lowest BCUT2D eigenvalue weighted by molar-refractivity contribution is -0.131. The summed E-state index contributed by atoms with van der Waals surface area (Å²) in [5, 5.41) is 70.3. The second-order valence-corrected chi connectivity index (χ2v) is 7.59. The molecule has 0 amide bonds.